The largest absolute Gasteiger partial charge is 0.390 e. The lowest BCUT2D eigenvalue weighted by Gasteiger charge is -2.25. The van der Waals surface area contributed by atoms with Crippen molar-refractivity contribution in [1.82, 2.24) is 15.5 Å². The zero-order valence-electron chi connectivity index (χ0n) is 24.7. The van der Waals surface area contributed by atoms with Gasteiger partial charge in [0.25, 0.3) is 11.8 Å². The maximum atomic E-state index is 13.3. The molecule has 2 aromatic carbocycles. The summed E-state index contributed by atoms with van der Waals surface area (Å²) in [5.41, 5.74) is 1.83. The van der Waals surface area contributed by atoms with Crippen LogP contribution in [-0.4, -0.2) is 73.8 Å². The van der Waals surface area contributed by atoms with Crippen LogP contribution in [0, 0.1) is 0 Å². The molecule has 0 radical (unpaired) electrons. The molecule has 2 rings (SSSR count). The van der Waals surface area contributed by atoms with Gasteiger partial charge in [0.2, 0.25) is 10.0 Å². The number of aliphatic hydroxyl groups excluding tert-OH is 1. The fourth-order valence-corrected chi connectivity index (χ4v) is 5.14. The van der Waals surface area contributed by atoms with Gasteiger partial charge in [-0.25, -0.2) is 13.6 Å². The predicted molar refractivity (Wildman–Crippen MR) is 164 cm³/mol. The average Bonchev–Trinajstić information content (AvgIpc) is 2.95. The smallest absolute Gasteiger partial charge is 0.253 e. The van der Waals surface area contributed by atoms with Crippen LogP contribution in [0.4, 0.5) is 0 Å². The van der Waals surface area contributed by atoms with E-state index in [0.29, 0.717) is 43.6 Å². The van der Waals surface area contributed by atoms with Gasteiger partial charge in [-0.15, -0.1) is 0 Å². The van der Waals surface area contributed by atoms with Crippen molar-refractivity contribution in [2.75, 3.05) is 26.2 Å². The van der Waals surface area contributed by atoms with E-state index in [1.807, 2.05) is 49.1 Å². The summed E-state index contributed by atoms with van der Waals surface area (Å²) in [5.74, 6) is -0.436. The lowest BCUT2D eigenvalue weighted by atomic mass is 10.00. The van der Waals surface area contributed by atoms with Crippen molar-refractivity contribution in [3.63, 3.8) is 0 Å². The highest BCUT2D eigenvalue weighted by Crippen LogP contribution is 2.13. The summed E-state index contributed by atoms with van der Waals surface area (Å²) >= 11 is 0. The van der Waals surface area contributed by atoms with E-state index in [1.165, 1.54) is 0 Å². The Morgan fingerprint density at radius 3 is 2.24 bits per heavy atom. The number of amides is 2. The highest BCUT2D eigenvalue weighted by molar-refractivity contribution is 7.89. The van der Waals surface area contributed by atoms with Gasteiger partial charge in [-0.3, -0.25) is 9.59 Å². The first-order valence-electron chi connectivity index (χ1n) is 14.7. The van der Waals surface area contributed by atoms with Crippen LogP contribution in [0.2, 0.25) is 0 Å². The molecular weight excluding hydrogens is 540 g/mol. The Balaban J connectivity index is 2.00. The molecule has 228 valence electrons. The van der Waals surface area contributed by atoms with Crippen LogP contribution in [0.1, 0.15) is 85.6 Å². The number of hydrogen-bond acceptors (Lipinski definition) is 6. The monoisotopic (exact) mass is 588 g/mol. The molecule has 0 aliphatic carbocycles. The number of nitrogens with zero attached hydrogens (tertiary/aromatic N) is 1. The molecule has 0 bridgehead atoms. The zero-order chi connectivity index (χ0) is 30.3. The molecule has 2 aromatic rings. The van der Waals surface area contributed by atoms with Crippen LogP contribution in [0.15, 0.2) is 54.6 Å². The van der Waals surface area contributed by atoms with Gasteiger partial charge in [-0.05, 0) is 69.3 Å². The van der Waals surface area contributed by atoms with Crippen LogP contribution >= 0.6 is 0 Å². The van der Waals surface area contributed by atoms with Gasteiger partial charge in [0.05, 0.1) is 17.4 Å². The van der Waals surface area contributed by atoms with E-state index in [-0.39, 0.29) is 18.4 Å². The quantitative estimate of drug-likeness (QED) is 0.185. The third-order valence-electron chi connectivity index (χ3n) is 7.10. The maximum Gasteiger partial charge on any atom is 0.253 e. The van der Waals surface area contributed by atoms with E-state index in [2.05, 4.69) is 10.6 Å². The number of unbranched alkanes of at least 4 members (excludes halogenated alkanes) is 2. The first-order valence-corrected chi connectivity index (χ1v) is 16.3. The molecule has 5 N–H and O–H groups in total. The van der Waals surface area contributed by atoms with E-state index in [4.69, 9.17) is 5.14 Å². The number of hydrogen-bond donors (Lipinski definition) is 4. The van der Waals surface area contributed by atoms with Gasteiger partial charge in [0.15, 0.2) is 0 Å². The number of aliphatic hydroxyl groups is 1. The van der Waals surface area contributed by atoms with E-state index in [0.717, 1.165) is 37.7 Å². The third-order valence-corrected chi connectivity index (χ3v) is 8.46. The minimum atomic E-state index is -3.49. The molecule has 2 unspecified atom stereocenters. The average molecular weight is 589 g/mol. The second-order valence-corrected chi connectivity index (χ2v) is 12.6. The van der Waals surface area contributed by atoms with Crippen LogP contribution < -0.4 is 15.8 Å². The number of carbonyl (C=O) groups is 2. The van der Waals surface area contributed by atoms with Crippen LogP contribution in [0.25, 0.3) is 0 Å². The summed E-state index contributed by atoms with van der Waals surface area (Å²) in [6.07, 6.45) is 4.26. The van der Waals surface area contributed by atoms with Crippen molar-refractivity contribution in [2.24, 2.45) is 5.14 Å². The number of nitrogens with two attached hydrogens (primary N) is 1. The Bertz CT molecular complexity index is 1170. The number of carbonyl (C=O) groups excluding carboxylic acids is 2. The number of sulfonamides is 1. The number of primary sulfonamides is 1. The van der Waals surface area contributed by atoms with Crippen molar-refractivity contribution >= 4 is 21.8 Å². The Hall–Kier alpha value is -2.79. The Labute approximate surface area is 245 Å². The highest BCUT2D eigenvalue weighted by atomic mass is 32.2. The highest BCUT2D eigenvalue weighted by Gasteiger charge is 2.23. The molecule has 3 atom stereocenters. The Morgan fingerprint density at radius 2 is 1.61 bits per heavy atom. The molecule has 2 amide bonds. The second kappa shape index (κ2) is 17.9. The van der Waals surface area contributed by atoms with Gasteiger partial charge in [-0.2, -0.15) is 0 Å². The first-order chi connectivity index (χ1) is 19.6. The molecular formula is C31H48N4O5S. The molecule has 41 heavy (non-hydrogen) atoms. The van der Waals surface area contributed by atoms with Gasteiger partial charge in [0, 0.05) is 30.8 Å². The van der Waals surface area contributed by atoms with Crippen LogP contribution in [0.5, 0.6) is 0 Å². The summed E-state index contributed by atoms with van der Waals surface area (Å²) in [4.78, 5) is 28.2. The zero-order valence-corrected chi connectivity index (χ0v) is 25.5. The number of nitrogens with one attached hydrogen (secondary N) is 2. The molecule has 0 aromatic heterocycles. The molecule has 0 aliphatic heterocycles. The van der Waals surface area contributed by atoms with Crippen LogP contribution in [0.3, 0.4) is 0 Å². The summed E-state index contributed by atoms with van der Waals surface area (Å²) in [7, 11) is -3.49. The van der Waals surface area contributed by atoms with Crippen molar-refractivity contribution in [1.29, 1.82) is 0 Å². The molecule has 0 spiro atoms. The summed E-state index contributed by atoms with van der Waals surface area (Å²) in [6.45, 7) is 7.95. The van der Waals surface area contributed by atoms with E-state index < -0.39 is 27.4 Å². The Morgan fingerprint density at radius 1 is 0.951 bits per heavy atom. The van der Waals surface area contributed by atoms with Crippen molar-refractivity contribution in [3.8, 4) is 0 Å². The fourth-order valence-electron chi connectivity index (χ4n) is 4.65. The summed E-state index contributed by atoms with van der Waals surface area (Å²) < 4.78 is 22.7. The topological polar surface area (TPSA) is 142 Å². The van der Waals surface area contributed by atoms with E-state index in [1.54, 1.807) is 31.2 Å². The molecule has 10 heteroatoms. The van der Waals surface area contributed by atoms with Gasteiger partial charge in [0.1, 0.15) is 0 Å². The molecule has 0 saturated heterocycles. The minimum Gasteiger partial charge on any atom is -0.390 e. The van der Waals surface area contributed by atoms with E-state index >= 15 is 0 Å². The normalized spacial score (nSPS) is 13.8. The lowest BCUT2D eigenvalue weighted by Crippen LogP contribution is -2.48. The minimum absolute atomic E-state index is 0.0903. The van der Waals surface area contributed by atoms with Crippen molar-refractivity contribution < 1.29 is 23.1 Å². The molecule has 9 nitrogen and oxygen atoms in total. The summed E-state index contributed by atoms with van der Waals surface area (Å²) in [6, 6.07) is 15.9. The van der Waals surface area contributed by atoms with Gasteiger partial charge >= 0.3 is 0 Å². The molecule has 0 saturated carbocycles. The van der Waals surface area contributed by atoms with Crippen LogP contribution in [-0.2, 0) is 16.4 Å². The molecule has 0 heterocycles. The van der Waals surface area contributed by atoms with E-state index in [9.17, 15) is 23.1 Å². The third kappa shape index (κ3) is 12.3. The van der Waals surface area contributed by atoms with Crippen molar-refractivity contribution in [3.05, 3.63) is 71.3 Å². The lowest BCUT2D eigenvalue weighted by molar-refractivity contribution is 0.0755. The number of benzene rings is 2. The first kappa shape index (κ1) is 34.4. The maximum absolute atomic E-state index is 13.3. The molecule has 0 aliphatic rings. The Kier molecular flexibility index (Phi) is 15.0. The SMILES string of the molecule is CCCN(CCC)C(=O)c1cccc(C(=O)N[C@@H](Cc2ccccc2)C(O)CNCCCCCC(C)S(N)(=O)=O)c1. The van der Waals surface area contributed by atoms with Gasteiger partial charge < -0.3 is 20.6 Å². The van der Waals surface area contributed by atoms with Crippen molar-refractivity contribution in [2.45, 2.75) is 83.1 Å². The standard InChI is InChI=1S/C31H48N4O5S/c1-4-19-35(20-5-2)31(38)27-17-12-16-26(22-27)30(37)34-28(21-25-14-9-6-10-15-25)29(36)23-33-18-11-7-8-13-24(3)41(32,39)40/h6,9-10,12,14-17,22,24,28-29,33,36H,4-5,7-8,11,13,18-21,23H2,1-3H3,(H,34,37)(H2,32,39,40)/t24?,28-,29?/m0/s1. The summed E-state index contributed by atoms with van der Waals surface area (Å²) in [5, 5.41) is 21.9. The number of rotatable bonds is 19. The molecule has 0 fully saturated rings. The second-order valence-electron chi connectivity index (χ2n) is 10.7. The van der Waals surface area contributed by atoms with Gasteiger partial charge in [-0.1, -0.05) is 63.1 Å². The predicted octanol–water partition coefficient (Wildman–Crippen LogP) is 3.48. The fraction of sp³-hybridized carbons (Fsp3) is 0.548.